The largest absolute Gasteiger partial charge is 0.353 e. The van der Waals surface area contributed by atoms with Gasteiger partial charge in [0.05, 0.1) is 13.2 Å². The predicted molar refractivity (Wildman–Crippen MR) is 62.8 cm³/mol. The Hall–Kier alpha value is -0.0800. The Morgan fingerprint density at radius 2 is 1.60 bits per heavy atom. The molecule has 0 saturated carbocycles. The third kappa shape index (κ3) is 5.53. The van der Waals surface area contributed by atoms with Crippen LogP contribution in [0.3, 0.4) is 0 Å². The highest BCUT2D eigenvalue weighted by Crippen LogP contribution is 2.22. The highest BCUT2D eigenvalue weighted by Gasteiger charge is 2.16. The minimum absolute atomic E-state index is 0.0926. The lowest BCUT2D eigenvalue weighted by atomic mass is 9.93. The molecule has 15 heavy (non-hydrogen) atoms. The molecule has 1 aliphatic rings. The molecule has 1 saturated heterocycles. The first-order chi connectivity index (χ1) is 7.36. The molecule has 0 amide bonds. The Balaban J connectivity index is 2.13. The zero-order valence-corrected chi connectivity index (χ0v) is 10.3. The Morgan fingerprint density at radius 1 is 1.00 bits per heavy atom. The van der Waals surface area contributed by atoms with Crippen molar-refractivity contribution in [1.82, 2.24) is 0 Å². The summed E-state index contributed by atoms with van der Waals surface area (Å²) in [7, 11) is 0. The van der Waals surface area contributed by atoms with Gasteiger partial charge in [0.1, 0.15) is 0 Å². The van der Waals surface area contributed by atoms with E-state index in [1.165, 1.54) is 32.1 Å². The quantitative estimate of drug-likeness (QED) is 0.642. The van der Waals surface area contributed by atoms with Gasteiger partial charge in [-0.2, -0.15) is 0 Å². The first kappa shape index (κ1) is 13.0. The summed E-state index contributed by atoms with van der Waals surface area (Å²) in [6.45, 7) is 6.32. The lowest BCUT2D eigenvalue weighted by Crippen LogP contribution is -2.25. The average Bonchev–Trinajstić information content (AvgIpc) is 2.28. The maximum Gasteiger partial charge on any atom is 0.157 e. The molecule has 1 rings (SSSR count). The molecule has 0 N–H and O–H groups in total. The van der Waals surface area contributed by atoms with Gasteiger partial charge in [0.15, 0.2) is 6.29 Å². The van der Waals surface area contributed by atoms with E-state index in [9.17, 15) is 0 Å². The van der Waals surface area contributed by atoms with E-state index in [2.05, 4.69) is 13.8 Å². The van der Waals surface area contributed by atoms with Gasteiger partial charge in [0.2, 0.25) is 0 Å². The van der Waals surface area contributed by atoms with Crippen molar-refractivity contribution in [2.24, 2.45) is 5.92 Å². The van der Waals surface area contributed by atoms with Crippen LogP contribution in [-0.2, 0) is 9.47 Å². The van der Waals surface area contributed by atoms with Crippen LogP contribution in [0.15, 0.2) is 0 Å². The van der Waals surface area contributed by atoms with Crippen molar-refractivity contribution >= 4 is 0 Å². The zero-order chi connectivity index (χ0) is 10.9. The fourth-order valence-electron chi connectivity index (χ4n) is 2.32. The monoisotopic (exact) mass is 214 g/mol. The number of hydrogen-bond acceptors (Lipinski definition) is 2. The number of rotatable bonds is 7. The summed E-state index contributed by atoms with van der Waals surface area (Å²) in [4.78, 5) is 0. The standard InChI is InChI=1S/C13H26O2/c1-3-6-12(7-4-2)8-9-13-14-10-5-11-15-13/h12-13H,3-11H2,1-2H3. The van der Waals surface area contributed by atoms with Crippen LogP contribution in [0.25, 0.3) is 0 Å². The molecule has 2 heteroatoms. The molecule has 2 nitrogen and oxygen atoms in total. The normalized spacial score (nSPS) is 18.6. The maximum atomic E-state index is 5.56. The Labute approximate surface area is 94.3 Å². The zero-order valence-electron chi connectivity index (χ0n) is 10.3. The third-order valence-electron chi connectivity index (χ3n) is 3.10. The van der Waals surface area contributed by atoms with Gasteiger partial charge in [0, 0.05) is 0 Å². The van der Waals surface area contributed by atoms with Gasteiger partial charge in [-0.25, -0.2) is 0 Å². The van der Waals surface area contributed by atoms with Gasteiger partial charge in [-0.05, 0) is 25.2 Å². The molecular formula is C13H26O2. The Kier molecular flexibility index (Phi) is 7.03. The van der Waals surface area contributed by atoms with Gasteiger partial charge in [-0.15, -0.1) is 0 Å². The molecule has 0 spiro atoms. The highest BCUT2D eigenvalue weighted by atomic mass is 16.7. The molecule has 0 bridgehead atoms. The van der Waals surface area contributed by atoms with Crippen molar-refractivity contribution in [3.05, 3.63) is 0 Å². The van der Waals surface area contributed by atoms with Crippen LogP contribution in [0.1, 0.15) is 58.8 Å². The summed E-state index contributed by atoms with van der Waals surface area (Å²) in [5.74, 6) is 0.883. The predicted octanol–water partition coefficient (Wildman–Crippen LogP) is 3.75. The summed E-state index contributed by atoms with van der Waals surface area (Å²) < 4.78 is 11.1. The summed E-state index contributed by atoms with van der Waals surface area (Å²) in [6, 6.07) is 0. The van der Waals surface area contributed by atoms with Crippen molar-refractivity contribution in [3.8, 4) is 0 Å². The van der Waals surface area contributed by atoms with Crippen LogP contribution < -0.4 is 0 Å². The van der Waals surface area contributed by atoms with E-state index >= 15 is 0 Å². The Bertz CT molecular complexity index is 135. The lowest BCUT2D eigenvalue weighted by molar-refractivity contribution is -0.182. The lowest BCUT2D eigenvalue weighted by Gasteiger charge is -2.25. The van der Waals surface area contributed by atoms with E-state index in [1.807, 2.05) is 0 Å². The van der Waals surface area contributed by atoms with E-state index in [0.717, 1.165) is 32.0 Å². The van der Waals surface area contributed by atoms with E-state index in [1.54, 1.807) is 0 Å². The Morgan fingerprint density at radius 3 is 2.13 bits per heavy atom. The van der Waals surface area contributed by atoms with Crippen molar-refractivity contribution in [1.29, 1.82) is 0 Å². The fraction of sp³-hybridized carbons (Fsp3) is 1.00. The minimum atomic E-state index is 0.0926. The smallest absolute Gasteiger partial charge is 0.157 e. The highest BCUT2D eigenvalue weighted by molar-refractivity contribution is 4.61. The van der Waals surface area contributed by atoms with E-state index in [-0.39, 0.29) is 6.29 Å². The maximum absolute atomic E-state index is 5.56. The van der Waals surface area contributed by atoms with Gasteiger partial charge in [-0.3, -0.25) is 0 Å². The van der Waals surface area contributed by atoms with Crippen LogP contribution in [0.4, 0.5) is 0 Å². The molecule has 0 atom stereocenters. The number of ether oxygens (including phenoxy) is 2. The van der Waals surface area contributed by atoms with Gasteiger partial charge >= 0.3 is 0 Å². The molecule has 90 valence electrons. The van der Waals surface area contributed by atoms with Crippen molar-refractivity contribution < 1.29 is 9.47 Å². The summed E-state index contributed by atoms with van der Waals surface area (Å²) in [5.41, 5.74) is 0. The fourth-order valence-corrected chi connectivity index (χ4v) is 2.32. The second kappa shape index (κ2) is 8.12. The van der Waals surface area contributed by atoms with Gasteiger partial charge in [0.25, 0.3) is 0 Å². The summed E-state index contributed by atoms with van der Waals surface area (Å²) in [6.07, 6.45) is 8.84. The second-order valence-electron chi connectivity index (χ2n) is 4.55. The molecule has 1 heterocycles. The molecule has 0 aromatic rings. The minimum Gasteiger partial charge on any atom is -0.353 e. The van der Waals surface area contributed by atoms with Crippen molar-refractivity contribution in [2.45, 2.75) is 65.1 Å². The molecular weight excluding hydrogens is 188 g/mol. The molecule has 0 unspecified atom stereocenters. The molecule has 0 aromatic heterocycles. The first-order valence-electron chi connectivity index (χ1n) is 6.60. The van der Waals surface area contributed by atoms with Gasteiger partial charge in [-0.1, -0.05) is 39.5 Å². The van der Waals surface area contributed by atoms with E-state index < -0.39 is 0 Å². The molecule has 0 aromatic carbocycles. The van der Waals surface area contributed by atoms with Crippen LogP contribution in [0, 0.1) is 5.92 Å². The van der Waals surface area contributed by atoms with Crippen LogP contribution in [0.2, 0.25) is 0 Å². The first-order valence-corrected chi connectivity index (χ1v) is 6.60. The third-order valence-corrected chi connectivity index (χ3v) is 3.10. The van der Waals surface area contributed by atoms with E-state index in [4.69, 9.17) is 9.47 Å². The molecule has 0 radical (unpaired) electrons. The average molecular weight is 214 g/mol. The molecule has 1 aliphatic heterocycles. The van der Waals surface area contributed by atoms with Crippen LogP contribution in [0.5, 0.6) is 0 Å². The topological polar surface area (TPSA) is 18.5 Å². The number of hydrogen-bond donors (Lipinski definition) is 0. The van der Waals surface area contributed by atoms with Crippen molar-refractivity contribution in [2.75, 3.05) is 13.2 Å². The molecule has 0 aliphatic carbocycles. The van der Waals surface area contributed by atoms with Crippen molar-refractivity contribution in [3.63, 3.8) is 0 Å². The van der Waals surface area contributed by atoms with Crippen LogP contribution in [-0.4, -0.2) is 19.5 Å². The SMILES string of the molecule is CCCC(CCC)CCC1OCCCO1. The summed E-state index contributed by atoms with van der Waals surface area (Å²) in [5, 5.41) is 0. The molecule has 1 fully saturated rings. The van der Waals surface area contributed by atoms with Gasteiger partial charge < -0.3 is 9.47 Å². The second-order valence-corrected chi connectivity index (χ2v) is 4.55. The van der Waals surface area contributed by atoms with E-state index in [0.29, 0.717) is 0 Å². The van der Waals surface area contributed by atoms with Crippen LogP contribution >= 0.6 is 0 Å². The summed E-state index contributed by atoms with van der Waals surface area (Å²) >= 11 is 0.